The molecule has 2 aromatic carbocycles. The summed E-state index contributed by atoms with van der Waals surface area (Å²) in [7, 11) is 0. The summed E-state index contributed by atoms with van der Waals surface area (Å²) in [6, 6.07) is 8.10. The smallest absolute Gasteiger partial charge is 0.379 e. The number of hydrogen-bond donors (Lipinski definition) is 0. The number of rotatable bonds is 5. The fraction of sp³-hybridized carbons (Fsp3) is 0.364. The molecule has 1 saturated heterocycles. The Balaban J connectivity index is 0.00000306. The number of aryl methyl sites for hydroxylation is 1. The van der Waals surface area contributed by atoms with E-state index in [1.165, 1.54) is 28.4 Å². The lowest BCUT2D eigenvalue weighted by molar-refractivity contribution is -0.137. The molecule has 1 fully saturated rings. The SMILES string of the molecule is Cc1ccc(Cl)c2sc(N(CCN3CCOCC3)C(=O)c3cccc(C(F)(F)F)c3)nc12.Cl. The number of ether oxygens (including phenoxy) is 1. The van der Waals surface area contributed by atoms with Gasteiger partial charge in [-0.2, -0.15) is 13.2 Å². The minimum absolute atomic E-state index is 0. The third kappa shape index (κ3) is 5.78. The number of anilines is 1. The molecule has 1 amide bonds. The van der Waals surface area contributed by atoms with E-state index in [-0.39, 0.29) is 24.5 Å². The number of morpholine rings is 1. The van der Waals surface area contributed by atoms with Crippen LogP contribution in [-0.2, 0) is 10.9 Å². The maximum Gasteiger partial charge on any atom is 0.416 e. The van der Waals surface area contributed by atoms with Crippen LogP contribution in [0.1, 0.15) is 21.5 Å². The van der Waals surface area contributed by atoms with Gasteiger partial charge in [-0.05, 0) is 36.8 Å². The minimum Gasteiger partial charge on any atom is -0.379 e. The second-order valence-corrected chi connectivity index (χ2v) is 8.91. The molecular weight excluding hydrogens is 498 g/mol. The van der Waals surface area contributed by atoms with E-state index in [1.54, 1.807) is 6.07 Å². The Hall–Kier alpha value is -1.91. The van der Waals surface area contributed by atoms with E-state index < -0.39 is 17.6 Å². The molecule has 0 radical (unpaired) electrons. The number of alkyl halides is 3. The van der Waals surface area contributed by atoms with Crippen LogP contribution in [0.25, 0.3) is 10.2 Å². The van der Waals surface area contributed by atoms with E-state index in [1.807, 2.05) is 13.0 Å². The number of amides is 1. The second kappa shape index (κ2) is 10.6. The van der Waals surface area contributed by atoms with E-state index in [2.05, 4.69) is 9.88 Å². The lowest BCUT2D eigenvalue weighted by Crippen LogP contribution is -2.43. The summed E-state index contributed by atoms with van der Waals surface area (Å²) in [6.45, 7) is 5.42. The number of thiazole rings is 1. The Morgan fingerprint density at radius 3 is 2.64 bits per heavy atom. The third-order valence-electron chi connectivity index (χ3n) is 5.34. The van der Waals surface area contributed by atoms with Gasteiger partial charge >= 0.3 is 6.18 Å². The van der Waals surface area contributed by atoms with Crippen LogP contribution in [0.15, 0.2) is 36.4 Å². The van der Waals surface area contributed by atoms with Crippen molar-refractivity contribution in [3.63, 3.8) is 0 Å². The van der Waals surface area contributed by atoms with E-state index in [0.29, 0.717) is 35.4 Å². The zero-order valence-electron chi connectivity index (χ0n) is 17.7. The van der Waals surface area contributed by atoms with Crippen molar-refractivity contribution in [2.45, 2.75) is 13.1 Å². The van der Waals surface area contributed by atoms with Gasteiger partial charge in [0.05, 0.1) is 34.0 Å². The standard InChI is InChI=1S/C22H21ClF3N3O2S.ClH/c1-14-5-6-17(23)19-18(14)27-21(32-19)29(8-7-28-9-11-31-12-10-28)20(30)15-3-2-4-16(13-15)22(24,25)26;/h2-6,13H,7-12H2,1H3;1H. The first-order valence-corrected chi connectivity index (χ1v) is 11.3. The summed E-state index contributed by atoms with van der Waals surface area (Å²) in [6.07, 6.45) is -4.53. The predicted molar refractivity (Wildman–Crippen MR) is 127 cm³/mol. The molecule has 0 unspecified atom stereocenters. The van der Waals surface area contributed by atoms with Gasteiger partial charge in [0.15, 0.2) is 5.13 Å². The van der Waals surface area contributed by atoms with Crippen LogP contribution in [-0.4, -0.2) is 55.2 Å². The molecular formula is C22H22Cl2F3N3O2S. The van der Waals surface area contributed by atoms with Crippen LogP contribution in [0.2, 0.25) is 5.02 Å². The fourth-order valence-corrected chi connectivity index (χ4v) is 4.88. The van der Waals surface area contributed by atoms with Gasteiger partial charge in [0.1, 0.15) is 0 Å². The molecule has 0 spiro atoms. The van der Waals surface area contributed by atoms with E-state index in [4.69, 9.17) is 16.3 Å². The highest BCUT2D eigenvalue weighted by atomic mass is 35.5. The molecule has 11 heteroatoms. The van der Waals surface area contributed by atoms with Gasteiger partial charge in [0, 0.05) is 31.7 Å². The van der Waals surface area contributed by atoms with Crippen molar-refractivity contribution in [3.05, 3.63) is 58.1 Å². The highest BCUT2D eigenvalue weighted by Crippen LogP contribution is 2.36. The highest BCUT2D eigenvalue weighted by molar-refractivity contribution is 7.23. The Kier molecular flexibility index (Phi) is 8.23. The van der Waals surface area contributed by atoms with Crippen LogP contribution >= 0.6 is 35.3 Å². The molecule has 178 valence electrons. The van der Waals surface area contributed by atoms with Crippen molar-refractivity contribution in [2.75, 3.05) is 44.3 Å². The number of carbonyl (C=O) groups is 1. The molecule has 1 aromatic heterocycles. The summed E-state index contributed by atoms with van der Waals surface area (Å²) in [4.78, 5) is 21.6. The van der Waals surface area contributed by atoms with Gasteiger partial charge < -0.3 is 4.74 Å². The normalized spacial score (nSPS) is 14.8. The Bertz CT molecular complexity index is 1090. The highest BCUT2D eigenvalue weighted by Gasteiger charge is 2.32. The summed E-state index contributed by atoms with van der Waals surface area (Å²) >= 11 is 7.60. The van der Waals surface area contributed by atoms with E-state index >= 15 is 0 Å². The number of hydrogen-bond acceptors (Lipinski definition) is 5. The first-order chi connectivity index (χ1) is 15.2. The third-order valence-corrected chi connectivity index (χ3v) is 6.88. The Labute approximate surface area is 204 Å². The van der Waals surface area contributed by atoms with Gasteiger partial charge in [-0.3, -0.25) is 14.6 Å². The molecule has 0 aliphatic carbocycles. The van der Waals surface area contributed by atoms with E-state index in [0.717, 1.165) is 35.5 Å². The predicted octanol–water partition coefficient (Wildman–Crippen LogP) is 5.68. The van der Waals surface area contributed by atoms with Gasteiger partial charge in [-0.25, -0.2) is 4.98 Å². The lowest BCUT2D eigenvalue weighted by atomic mass is 10.1. The number of benzene rings is 2. The molecule has 0 N–H and O–H groups in total. The van der Waals surface area contributed by atoms with Crippen molar-refractivity contribution in [3.8, 4) is 0 Å². The molecule has 4 rings (SSSR count). The maximum absolute atomic E-state index is 13.4. The molecule has 0 atom stereocenters. The molecule has 0 saturated carbocycles. The van der Waals surface area contributed by atoms with Crippen LogP contribution in [0.5, 0.6) is 0 Å². The average molecular weight is 520 g/mol. The quantitative estimate of drug-likeness (QED) is 0.435. The number of fused-ring (bicyclic) bond motifs is 1. The number of nitrogens with zero attached hydrogens (tertiary/aromatic N) is 3. The average Bonchev–Trinajstić information content (AvgIpc) is 3.23. The van der Waals surface area contributed by atoms with Crippen molar-refractivity contribution in [1.29, 1.82) is 0 Å². The van der Waals surface area contributed by atoms with Crippen molar-refractivity contribution in [1.82, 2.24) is 9.88 Å². The molecule has 0 bridgehead atoms. The summed E-state index contributed by atoms with van der Waals surface area (Å²) in [5.74, 6) is -0.530. The van der Waals surface area contributed by atoms with Crippen LogP contribution in [0.3, 0.4) is 0 Å². The zero-order chi connectivity index (χ0) is 22.9. The first-order valence-electron chi connectivity index (χ1n) is 10.1. The van der Waals surface area contributed by atoms with Gasteiger partial charge in [-0.15, -0.1) is 12.4 Å². The number of aromatic nitrogens is 1. The molecule has 33 heavy (non-hydrogen) atoms. The van der Waals surface area contributed by atoms with Crippen LogP contribution in [0.4, 0.5) is 18.3 Å². The van der Waals surface area contributed by atoms with Crippen molar-refractivity contribution < 1.29 is 22.7 Å². The topological polar surface area (TPSA) is 45.7 Å². The van der Waals surface area contributed by atoms with Crippen LogP contribution in [0, 0.1) is 6.92 Å². The monoisotopic (exact) mass is 519 g/mol. The second-order valence-electron chi connectivity index (χ2n) is 7.53. The lowest BCUT2D eigenvalue weighted by Gasteiger charge is -2.29. The minimum atomic E-state index is -4.53. The van der Waals surface area contributed by atoms with Crippen molar-refractivity contribution >= 4 is 56.6 Å². The first kappa shape index (κ1) is 25.7. The van der Waals surface area contributed by atoms with Crippen molar-refractivity contribution in [2.24, 2.45) is 0 Å². The largest absolute Gasteiger partial charge is 0.416 e. The number of carbonyl (C=O) groups excluding carboxylic acids is 1. The van der Waals surface area contributed by atoms with E-state index in [9.17, 15) is 18.0 Å². The molecule has 5 nitrogen and oxygen atoms in total. The molecule has 1 aliphatic rings. The molecule has 1 aliphatic heterocycles. The van der Waals surface area contributed by atoms with Gasteiger partial charge in [0.25, 0.3) is 5.91 Å². The zero-order valence-corrected chi connectivity index (χ0v) is 20.1. The summed E-state index contributed by atoms with van der Waals surface area (Å²) in [5, 5.41) is 0.931. The Morgan fingerprint density at radius 2 is 1.97 bits per heavy atom. The Morgan fingerprint density at radius 1 is 1.24 bits per heavy atom. The summed E-state index contributed by atoms with van der Waals surface area (Å²) in [5.41, 5.74) is 0.695. The molecule has 2 heterocycles. The number of halogens is 5. The van der Waals surface area contributed by atoms with Gasteiger partial charge in [-0.1, -0.05) is 35.1 Å². The van der Waals surface area contributed by atoms with Crippen LogP contribution < -0.4 is 4.90 Å². The maximum atomic E-state index is 13.4. The van der Waals surface area contributed by atoms with Gasteiger partial charge in [0.2, 0.25) is 0 Å². The molecule has 3 aromatic rings. The summed E-state index contributed by atoms with van der Waals surface area (Å²) < 4.78 is 45.7. The fourth-order valence-electron chi connectivity index (χ4n) is 3.54.